The van der Waals surface area contributed by atoms with E-state index < -0.39 is 0 Å². The van der Waals surface area contributed by atoms with Crippen molar-refractivity contribution in [3.05, 3.63) is 29.1 Å². The predicted octanol–water partition coefficient (Wildman–Crippen LogP) is 2.78. The minimum absolute atomic E-state index is 0.410. The fraction of sp³-hybridized carbons (Fsp3) is 0.667. The number of hydrogen-bond donors (Lipinski definition) is 1. The summed E-state index contributed by atoms with van der Waals surface area (Å²) in [6.45, 7) is 9.18. The Morgan fingerprint density at radius 1 is 1.39 bits per heavy atom. The van der Waals surface area contributed by atoms with E-state index in [0.717, 1.165) is 44.0 Å². The molecular weight excluding hydrogens is 224 g/mol. The highest BCUT2D eigenvalue weighted by atomic mass is 16.5. The molecule has 1 fully saturated rings. The summed E-state index contributed by atoms with van der Waals surface area (Å²) in [5.41, 5.74) is 3.57. The monoisotopic (exact) mass is 248 g/mol. The number of ether oxygens (including phenoxy) is 1. The van der Waals surface area contributed by atoms with E-state index in [1.165, 1.54) is 5.56 Å². The van der Waals surface area contributed by atoms with Gasteiger partial charge >= 0.3 is 0 Å². The van der Waals surface area contributed by atoms with Crippen molar-refractivity contribution in [2.45, 2.75) is 39.7 Å². The van der Waals surface area contributed by atoms with Gasteiger partial charge in [0.15, 0.2) is 0 Å². The third-order valence-corrected chi connectivity index (χ3v) is 3.51. The molecule has 0 saturated carbocycles. The Hall–Kier alpha value is -0.930. The van der Waals surface area contributed by atoms with E-state index in [9.17, 15) is 0 Å². The zero-order valence-electron chi connectivity index (χ0n) is 11.7. The van der Waals surface area contributed by atoms with Crippen molar-refractivity contribution < 1.29 is 4.74 Å². The van der Waals surface area contributed by atoms with Crippen molar-refractivity contribution in [1.82, 2.24) is 10.3 Å². The van der Waals surface area contributed by atoms with Gasteiger partial charge in [-0.2, -0.15) is 0 Å². The first-order chi connectivity index (χ1) is 8.70. The molecule has 1 aliphatic rings. The van der Waals surface area contributed by atoms with Crippen LogP contribution < -0.4 is 5.32 Å². The average Bonchev–Trinajstić information content (AvgIpc) is 2.82. The molecule has 1 aromatic rings. The minimum atomic E-state index is 0.410. The molecule has 0 bridgehead atoms. The number of aromatic nitrogens is 1. The summed E-state index contributed by atoms with van der Waals surface area (Å²) < 4.78 is 5.54. The lowest BCUT2D eigenvalue weighted by molar-refractivity contribution is 0.176. The van der Waals surface area contributed by atoms with Gasteiger partial charge in [0.2, 0.25) is 0 Å². The molecule has 0 spiro atoms. The molecule has 0 radical (unpaired) electrons. The van der Waals surface area contributed by atoms with Crippen LogP contribution >= 0.6 is 0 Å². The molecule has 3 nitrogen and oxygen atoms in total. The number of hydrogen-bond acceptors (Lipinski definition) is 3. The maximum absolute atomic E-state index is 5.54. The van der Waals surface area contributed by atoms with Crippen LogP contribution in [-0.2, 0) is 4.74 Å². The summed E-state index contributed by atoms with van der Waals surface area (Å²) in [4.78, 5) is 4.46. The van der Waals surface area contributed by atoms with Crippen molar-refractivity contribution in [1.29, 1.82) is 0 Å². The van der Waals surface area contributed by atoms with Gasteiger partial charge in [-0.05, 0) is 50.9 Å². The van der Waals surface area contributed by atoms with Crippen LogP contribution in [0, 0.1) is 19.8 Å². The summed E-state index contributed by atoms with van der Waals surface area (Å²) in [6, 6.07) is 4.82. The van der Waals surface area contributed by atoms with Crippen LogP contribution in [0.25, 0.3) is 0 Å². The first-order valence-electron chi connectivity index (χ1n) is 6.97. The molecule has 2 atom stereocenters. The summed E-state index contributed by atoms with van der Waals surface area (Å²) in [6.07, 6.45) is 2.31. The second-order valence-corrected chi connectivity index (χ2v) is 5.24. The van der Waals surface area contributed by atoms with E-state index in [0.29, 0.717) is 12.0 Å². The molecule has 100 valence electrons. The van der Waals surface area contributed by atoms with Gasteiger partial charge in [0.05, 0.1) is 6.61 Å². The third kappa shape index (κ3) is 3.30. The molecule has 0 aliphatic carbocycles. The molecule has 2 unspecified atom stereocenters. The van der Waals surface area contributed by atoms with Crippen LogP contribution in [-0.4, -0.2) is 24.7 Å². The van der Waals surface area contributed by atoms with E-state index >= 15 is 0 Å². The highest BCUT2D eigenvalue weighted by molar-refractivity contribution is 5.24. The summed E-state index contributed by atoms with van der Waals surface area (Å²) in [5, 5.41) is 3.67. The second-order valence-electron chi connectivity index (χ2n) is 5.24. The van der Waals surface area contributed by atoms with Crippen molar-refractivity contribution in [3.8, 4) is 0 Å². The topological polar surface area (TPSA) is 34.2 Å². The van der Waals surface area contributed by atoms with Crippen molar-refractivity contribution in [2.75, 3.05) is 19.8 Å². The fourth-order valence-electron chi connectivity index (χ4n) is 2.72. The van der Waals surface area contributed by atoms with Crippen molar-refractivity contribution >= 4 is 0 Å². The molecule has 1 saturated heterocycles. The van der Waals surface area contributed by atoms with Crippen LogP contribution in [0.5, 0.6) is 0 Å². The summed E-state index contributed by atoms with van der Waals surface area (Å²) in [5.74, 6) is 0.595. The van der Waals surface area contributed by atoms with E-state index in [-0.39, 0.29) is 0 Å². The Bertz CT molecular complexity index is 366. The summed E-state index contributed by atoms with van der Waals surface area (Å²) in [7, 11) is 0. The fourth-order valence-corrected chi connectivity index (χ4v) is 2.72. The summed E-state index contributed by atoms with van der Waals surface area (Å²) >= 11 is 0. The van der Waals surface area contributed by atoms with Crippen LogP contribution in [0.3, 0.4) is 0 Å². The molecule has 0 aromatic carbocycles. The zero-order valence-corrected chi connectivity index (χ0v) is 11.7. The molecule has 0 amide bonds. The Kier molecular flexibility index (Phi) is 4.72. The van der Waals surface area contributed by atoms with Crippen LogP contribution in [0.15, 0.2) is 12.1 Å². The average molecular weight is 248 g/mol. The van der Waals surface area contributed by atoms with E-state index in [4.69, 9.17) is 4.74 Å². The molecule has 3 heteroatoms. The lowest BCUT2D eigenvalue weighted by atomic mass is 9.92. The van der Waals surface area contributed by atoms with Crippen LogP contribution in [0.1, 0.15) is 42.8 Å². The number of pyridine rings is 1. The van der Waals surface area contributed by atoms with Gasteiger partial charge in [-0.1, -0.05) is 6.92 Å². The standard InChI is InChI=1S/C15H24N2O/c1-4-6-16-15(13-5-7-18-10-13)14-8-11(2)17-12(3)9-14/h8-9,13,15-16H,4-7,10H2,1-3H3. The minimum Gasteiger partial charge on any atom is -0.381 e. The molecule has 2 rings (SSSR count). The predicted molar refractivity (Wildman–Crippen MR) is 73.7 cm³/mol. The Morgan fingerprint density at radius 2 is 2.11 bits per heavy atom. The smallest absolute Gasteiger partial charge is 0.0513 e. The Morgan fingerprint density at radius 3 is 2.67 bits per heavy atom. The van der Waals surface area contributed by atoms with Gasteiger partial charge in [0, 0.05) is 30.0 Å². The lowest BCUT2D eigenvalue weighted by Gasteiger charge is -2.24. The first kappa shape index (κ1) is 13.5. The van der Waals surface area contributed by atoms with E-state index in [1.54, 1.807) is 0 Å². The maximum atomic E-state index is 5.54. The second kappa shape index (κ2) is 6.30. The highest BCUT2D eigenvalue weighted by Gasteiger charge is 2.26. The van der Waals surface area contributed by atoms with E-state index in [2.05, 4.69) is 43.2 Å². The quantitative estimate of drug-likeness (QED) is 0.870. The molecule has 1 aromatic heterocycles. The van der Waals surface area contributed by atoms with Gasteiger partial charge in [-0.15, -0.1) is 0 Å². The molecule has 1 aliphatic heterocycles. The van der Waals surface area contributed by atoms with Gasteiger partial charge < -0.3 is 10.1 Å². The number of nitrogens with zero attached hydrogens (tertiary/aromatic N) is 1. The Balaban J connectivity index is 2.20. The number of nitrogens with one attached hydrogen (secondary N) is 1. The maximum Gasteiger partial charge on any atom is 0.0513 e. The largest absolute Gasteiger partial charge is 0.381 e. The van der Waals surface area contributed by atoms with Crippen molar-refractivity contribution in [2.24, 2.45) is 5.92 Å². The third-order valence-electron chi connectivity index (χ3n) is 3.51. The van der Waals surface area contributed by atoms with Gasteiger partial charge in [0.1, 0.15) is 0 Å². The van der Waals surface area contributed by atoms with Gasteiger partial charge in [-0.25, -0.2) is 0 Å². The van der Waals surface area contributed by atoms with Gasteiger partial charge in [0.25, 0.3) is 0 Å². The van der Waals surface area contributed by atoms with Gasteiger partial charge in [-0.3, -0.25) is 4.98 Å². The molecule has 1 N–H and O–H groups in total. The molecule has 2 heterocycles. The Labute approximate surface area is 110 Å². The first-order valence-corrected chi connectivity index (χ1v) is 6.97. The number of aryl methyl sites for hydroxylation is 2. The molecule has 18 heavy (non-hydrogen) atoms. The van der Waals surface area contributed by atoms with Crippen LogP contribution in [0.2, 0.25) is 0 Å². The molecular formula is C15H24N2O. The normalized spacial score (nSPS) is 21.2. The van der Waals surface area contributed by atoms with Crippen molar-refractivity contribution in [3.63, 3.8) is 0 Å². The number of rotatable bonds is 5. The zero-order chi connectivity index (χ0) is 13.0. The lowest BCUT2D eigenvalue weighted by Crippen LogP contribution is -2.29. The highest BCUT2D eigenvalue weighted by Crippen LogP contribution is 2.29. The van der Waals surface area contributed by atoms with E-state index in [1.807, 2.05) is 0 Å². The SMILES string of the molecule is CCCNC(c1cc(C)nc(C)c1)C1CCOC1. The van der Waals surface area contributed by atoms with Crippen LogP contribution in [0.4, 0.5) is 0 Å².